The van der Waals surface area contributed by atoms with Gasteiger partial charge in [0.15, 0.2) is 11.9 Å². The van der Waals surface area contributed by atoms with Gasteiger partial charge in [-0.1, -0.05) is 24.3 Å². The molecule has 1 atom stereocenters. The summed E-state index contributed by atoms with van der Waals surface area (Å²) in [6, 6.07) is 13.1. The van der Waals surface area contributed by atoms with Gasteiger partial charge in [-0.25, -0.2) is 9.36 Å². The average Bonchev–Trinajstić information content (AvgIpc) is 3.35. The standard InChI is InChI=1S/C23H25N5O3/c29-21-7-6-20(27-12-3-11-24-27)25-28(21)16-17-8-13-26(14-9-17)23(30)22-19-5-2-1-4-18(19)10-15-31-22/h1-7,11-12,17,22H,8-10,13-16H2. The molecule has 4 heterocycles. The van der Waals surface area contributed by atoms with Gasteiger partial charge in [0.2, 0.25) is 0 Å². The molecule has 2 aromatic heterocycles. The van der Waals surface area contributed by atoms with Crippen LogP contribution in [-0.2, 0) is 22.5 Å². The van der Waals surface area contributed by atoms with E-state index in [1.807, 2.05) is 29.2 Å². The van der Waals surface area contributed by atoms with Crippen molar-refractivity contribution in [3.8, 4) is 5.82 Å². The summed E-state index contributed by atoms with van der Waals surface area (Å²) in [6.45, 7) is 2.45. The Morgan fingerprint density at radius 1 is 1.10 bits per heavy atom. The van der Waals surface area contributed by atoms with Crippen LogP contribution in [0.1, 0.15) is 30.1 Å². The number of piperidine rings is 1. The molecule has 0 saturated carbocycles. The number of carbonyl (C=O) groups is 1. The fourth-order valence-electron chi connectivity index (χ4n) is 4.44. The molecule has 0 N–H and O–H groups in total. The van der Waals surface area contributed by atoms with Crippen LogP contribution in [0, 0.1) is 5.92 Å². The van der Waals surface area contributed by atoms with E-state index in [-0.39, 0.29) is 11.5 Å². The van der Waals surface area contributed by atoms with Gasteiger partial charge >= 0.3 is 0 Å². The average molecular weight is 419 g/mol. The van der Waals surface area contributed by atoms with Gasteiger partial charge in [-0.05, 0) is 48.4 Å². The van der Waals surface area contributed by atoms with Crippen LogP contribution in [0.2, 0.25) is 0 Å². The van der Waals surface area contributed by atoms with Gasteiger partial charge in [0.1, 0.15) is 0 Å². The quantitative estimate of drug-likeness (QED) is 0.646. The highest BCUT2D eigenvalue weighted by molar-refractivity contribution is 5.83. The minimum absolute atomic E-state index is 0.0431. The SMILES string of the molecule is O=C(C1OCCc2ccccc21)N1CCC(Cn2nc(-n3cccn3)ccc2=O)CC1. The zero-order valence-electron chi connectivity index (χ0n) is 17.3. The largest absolute Gasteiger partial charge is 0.363 e. The predicted octanol–water partition coefficient (Wildman–Crippen LogP) is 1.98. The minimum atomic E-state index is -0.503. The Bertz CT molecular complexity index is 1120. The van der Waals surface area contributed by atoms with Crippen molar-refractivity contribution in [2.45, 2.75) is 31.9 Å². The lowest BCUT2D eigenvalue weighted by Crippen LogP contribution is -2.43. The summed E-state index contributed by atoms with van der Waals surface area (Å²) < 4.78 is 9.00. The van der Waals surface area contributed by atoms with E-state index in [4.69, 9.17) is 4.74 Å². The summed E-state index contributed by atoms with van der Waals surface area (Å²) in [5.41, 5.74) is 2.07. The lowest BCUT2D eigenvalue weighted by atomic mass is 9.94. The van der Waals surface area contributed by atoms with Crippen LogP contribution in [0.4, 0.5) is 0 Å². The predicted molar refractivity (Wildman–Crippen MR) is 114 cm³/mol. The van der Waals surface area contributed by atoms with Gasteiger partial charge in [-0.3, -0.25) is 9.59 Å². The monoisotopic (exact) mass is 419 g/mol. The van der Waals surface area contributed by atoms with Crippen LogP contribution in [0.3, 0.4) is 0 Å². The van der Waals surface area contributed by atoms with Gasteiger partial charge in [0.25, 0.3) is 11.5 Å². The van der Waals surface area contributed by atoms with Crippen molar-refractivity contribution in [2.75, 3.05) is 19.7 Å². The molecule has 1 aromatic carbocycles. The van der Waals surface area contributed by atoms with E-state index in [1.165, 1.54) is 16.3 Å². The van der Waals surface area contributed by atoms with E-state index >= 15 is 0 Å². The van der Waals surface area contributed by atoms with E-state index in [1.54, 1.807) is 23.1 Å². The first kappa shape index (κ1) is 19.7. The van der Waals surface area contributed by atoms with E-state index in [9.17, 15) is 9.59 Å². The summed E-state index contributed by atoms with van der Waals surface area (Å²) in [5, 5.41) is 8.64. The maximum atomic E-state index is 13.1. The molecule has 0 spiro atoms. The smallest absolute Gasteiger partial charge is 0.266 e. The number of likely N-dealkylation sites (tertiary alicyclic amines) is 1. The molecule has 31 heavy (non-hydrogen) atoms. The molecule has 3 aromatic rings. The molecule has 1 unspecified atom stereocenters. The number of hydrogen-bond acceptors (Lipinski definition) is 5. The molecule has 8 nitrogen and oxygen atoms in total. The molecule has 2 aliphatic rings. The second-order valence-electron chi connectivity index (χ2n) is 8.13. The number of rotatable bonds is 4. The van der Waals surface area contributed by atoms with E-state index in [0.29, 0.717) is 38.0 Å². The normalized spacial score (nSPS) is 19.2. The summed E-state index contributed by atoms with van der Waals surface area (Å²) >= 11 is 0. The fourth-order valence-corrected chi connectivity index (χ4v) is 4.44. The Morgan fingerprint density at radius 3 is 2.74 bits per heavy atom. The molecule has 1 amide bonds. The van der Waals surface area contributed by atoms with Crippen molar-refractivity contribution in [3.05, 3.63) is 76.3 Å². The second kappa shape index (κ2) is 8.47. The first-order valence-electron chi connectivity index (χ1n) is 10.8. The van der Waals surface area contributed by atoms with Gasteiger partial charge in [-0.2, -0.15) is 5.10 Å². The zero-order chi connectivity index (χ0) is 21.2. The van der Waals surface area contributed by atoms with Crippen LogP contribution in [0.5, 0.6) is 0 Å². The third-order valence-electron chi connectivity index (χ3n) is 6.17. The molecule has 1 fully saturated rings. The fraction of sp³-hybridized carbons (Fsp3) is 0.391. The van der Waals surface area contributed by atoms with Crippen LogP contribution < -0.4 is 5.56 Å². The minimum Gasteiger partial charge on any atom is -0.363 e. The maximum absolute atomic E-state index is 13.1. The lowest BCUT2D eigenvalue weighted by Gasteiger charge is -2.35. The molecule has 2 aliphatic heterocycles. The molecule has 0 bridgehead atoms. The molecular formula is C23H25N5O3. The van der Waals surface area contributed by atoms with Crippen LogP contribution in [0.15, 0.2) is 59.7 Å². The maximum Gasteiger partial charge on any atom is 0.266 e. The lowest BCUT2D eigenvalue weighted by molar-refractivity contribution is -0.146. The first-order chi connectivity index (χ1) is 15.2. The van der Waals surface area contributed by atoms with Gasteiger partial charge in [0.05, 0.1) is 6.61 Å². The third kappa shape index (κ3) is 4.03. The van der Waals surface area contributed by atoms with Crippen molar-refractivity contribution < 1.29 is 9.53 Å². The van der Waals surface area contributed by atoms with Crippen molar-refractivity contribution >= 4 is 5.91 Å². The van der Waals surface area contributed by atoms with Crippen molar-refractivity contribution in [1.82, 2.24) is 24.5 Å². The number of ether oxygens (including phenoxy) is 1. The molecule has 5 rings (SSSR count). The van der Waals surface area contributed by atoms with Crippen LogP contribution in [0.25, 0.3) is 5.82 Å². The second-order valence-corrected chi connectivity index (χ2v) is 8.13. The summed E-state index contributed by atoms with van der Waals surface area (Å²) in [4.78, 5) is 27.3. The van der Waals surface area contributed by atoms with Gasteiger partial charge < -0.3 is 9.64 Å². The Hall–Kier alpha value is -3.26. The van der Waals surface area contributed by atoms with E-state index < -0.39 is 6.10 Å². The summed E-state index contributed by atoms with van der Waals surface area (Å²) in [5.74, 6) is 0.952. The van der Waals surface area contributed by atoms with E-state index in [2.05, 4.69) is 16.3 Å². The highest BCUT2D eigenvalue weighted by Gasteiger charge is 2.33. The number of aromatic nitrogens is 4. The molecule has 8 heteroatoms. The summed E-state index contributed by atoms with van der Waals surface area (Å²) in [6.07, 6.45) is 5.49. The van der Waals surface area contributed by atoms with Gasteiger partial charge in [0, 0.05) is 38.1 Å². The van der Waals surface area contributed by atoms with Crippen LogP contribution in [-0.4, -0.2) is 50.1 Å². The topological polar surface area (TPSA) is 82.2 Å². The molecular weight excluding hydrogens is 394 g/mol. The highest BCUT2D eigenvalue weighted by Crippen LogP contribution is 2.30. The van der Waals surface area contributed by atoms with Crippen LogP contribution >= 0.6 is 0 Å². The molecule has 0 aliphatic carbocycles. The number of fused-ring (bicyclic) bond motifs is 1. The number of hydrogen-bond donors (Lipinski definition) is 0. The Kier molecular flexibility index (Phi) is 5.38. The Morgan fingerprint density at radius 2 is 1.94 bits per heavy atom. The third-order valence-corrected chi connectivity index (χ3v) is 6.17. The van der Waals surface area contributed by atoms with Crippen molar-refractivity contribution in [2.24, 2.45) is 5.92 Å². The van der Waals surface area contributed by atoms with Crippen molar-refractivity contribution in [1.29, 1.82) is 0 Å². The number of carbonyl (C=O) groups excluding carboxylic acids is 1. The van der Waals surface area contributed by atoms with Gasteiger partial charge in [-0.15, -0.1) is 5.10 Å². The number of amides is 1. The first-order valence-corrected chi connectivity index (χ1v) is 10.8. The number of nitrogens with zero attached hydrogens (tertiary/aromatic N) is 5. The molecule has 0 radical (unpaired) electrons. The highest BCUT2D eigenvalue weighted by atomic mass is 16.5. The molecule has 160 valence electrons. The Balaban J connectivity index is 1.23. The van der Waals surface area contributed by atoms with Crippen molar-refractivity contribution in [3.63, 3.8) is 0 Å². The zero-order valence-corrected chi connectivity index (χ0v) is 17.3. The number of benzene rings is 1. The van der Waals surface area contributed by atoms with E-state index in [0.717, 1.165) is 24.8 Å². The molecule has 1 saturated heterocycles. The summed E-state index contributed by atoms with van der Waals surface area (Å²) in [7, 11) is 0. The Labute approximate surface area is 180 Å².